The Morgan fingerprint density at radius 2 is 1.83 bits per heavy atom. The van der Waals surface area contributed by atoms with Crippen LogP contribution < -0.4 is 25.8 Å². The van der Waals surface area contributed by atoms with E-state index in [2.05, 4.69) is 15.4 Å². The van der Waals surface area contributed by atoms with Crippen molar-refractivity contribution in [2.45, 2.75) is 17.9 Å². The zero-order valence-electron chi connectivity index (χ0n) is 19.7. The Labute approximate surface area is 205 Å². The molecule has 0 fully saturated rings. The van der Waals surface area contributed by atoms with Crippen molar-refractivity contribution < 1.29 is 18.3 Å². The topological polar surface area (TPSA) is 150 Å². The highest BCUT2D eigenvalue weighted by atomic mass is 32.2. The Hall–Kier alpha value is -3.60. The summed E-state index contributed by atoms with van der Waals surface area (Å²) in [7, 11) is -2.05. The lowest BCUT2D eigenvalue weighted by Crippen LogP contribution is -2.26. The van der Waals surface area contributed by atoms with Crippen molar-refractivity contribution in [2.24, 2.45) is 0 Å². The van der Waals surface area contributed by atoms with Gasteiger partial charge in [-0.15, -0.1) is 0 Å². The minimum Gasteiger partial charge on any atom is -0.492 e. The van der Waals surface area contributed by atoms with Gasteiger partial charge in [0.1, 0.15) is 12.4 Å². The van der Waals surface area contributed by atoms with Crippen LogP contribution in [0.5, 0.6) is 5.75 Å². The highest BCUT2D eigenvalue weighted by Crippen LogP contribution is 2.22. The zero-order chi connectivity index (χ0) is 25.4. The molecular weight excluding hydrogens is 466 g/mol. The lowest BCUT2D eigenvalue weighted by atomic mass is 10.1. The van der Waals surface area contributed by atoms with Gasteiger partial charge in [-0.1, -0.05) is 18.2 Å². The number of hydrogen-bond acceptors (Lipinski definition) is 8. The molecule has 1 atom stereocenters. The molecule has 0 aromatic heterocycles. The van der Waals surface area contributed by atoms with Gasteiger partial charge < -0.3 is 31.6 Å². The number of aliphatic hydroxyl groups excluding tert-OH is 1. The molecule has 0 spiro atoms. The van der Waals surface area contributed by atoms with Crippen LogP contribution in [0.3, 0.4) is 0 Å². The summed E-state index contributed by atoms with van der Waals surface area (Å²) in [5.41, 5.74) is 9.12. The Morgan fingerprint density at radius 3 is 2.54 bits per heavy atom. The highest BCUT2D eigenvalue weighted by molar-refractivity contribution is 7.92. The number of nitrogens with two attached hydrogens (primary N) is 1. The molecule has 3 aromatic rings. The van der Waals surface area contributed by atoms with Crippen LogP contribution in [0.25, 0.3) is 0 Å². The van der Waals surface area contributed by atoms with Crippen LogP contribution >= 0.6 is 0 Å². The van der Waals surface area contributed by atoms with Gasteiger partial charge in [0.05, 0.1) is 11.0 Å². The number of sulfonamides is 1. The fraction of sp³-hybridized carbons (Fsp3) is 0.240. The largest absolute Gasteiger partial charge is 0.492 e. The molecule has 10 heteroatoms. The second kappa shape index (κ2) is 11.7. The molecule has 35 heavy (non-hydrogen) atoms. The molecule has 0 amide bonds. The molecule has 0 bridgehead atoms. The summed E-state index contributed by atoms with van der Waals surface area (Å²) in [5, 5.41) is 24.2. The van der Waals surface area contributed by atoms with Crippen LogP contribution in [0.4, 0.5) is 17.1 Å². The first-order chi connectivity index (χ1) is 16.7. The van der Waals surface area contributed by atoms with Gasteiger partial charge >= 0.3 is 0 Å². The SMILES string of the molecule is CNc1cccc(S(=O)(=O)Nc2cccc([C@@H](O)CNCCOc3ccc(C(C)=N)c(N)c3)c2)c1. The Balaban J connectivity index is 1.51. The summed E-state index contributed by atoms with van der Waals surface area (Å²) in [4.78, 5) is 0.140. The third-order valence-corrected chi connectivity index (χ3v) is 6.65. The van der Waals surface area contributed by atoms with Crippen LogP contribution in [0.1, 0.15) is 24.2 Å². The van der Waals surface area contributed by atoms with Crippen LogP contribution in [0.2, 0.25) is 0 Å². The number of anilines is 3. The van der Waals surface area contributed by atoms with Crippen molar-refractivity contribution in [1.29, 1.82) is 5.41 Å². The minimum absolute atomic E-state index is 0.140. The van der Waals surface area contributed by atoms with E-state index < -0.39 is 16.1 Å². The van der Waals surface area contributed by atoms with Crippen LogP contribution in [-0.4, -0.2) is 46.0 Å². The maximum absolute atomic E-state index is 12.7. The van der Waals surface area contributed by atoms with Gasteiger partial charge in [-0.2, -0.15) is 0 Å². The van der Waals surface area contributed by atoms with Gasteiger partial charge in [-0.3, -0.25) is 4.72 Å². The lowest BCUT2D eigenvalue weighted by Gasteiger charge is -2.15. The lowest BCUT2D eigenvalue weighted by molar-refractivity contribution is 0.172. The van der Waals surface area contributed by atoms with Crippen molar-refractivity contribution in [3.05, 3.63) is 77.9 Å². The van der Waals surface area contributed by atoms with E-state index in [1.807, 2.05) is 0 Å². The number of nitrogens with one attached hydrogen (secondary N) is 4. The molecule has 3 aromatic carbocycles. The second-order valence-electron chi connectivity index (χ2n) is 7.95. The first-order valence-corrected chi connectivity index (χ1v) is 12.5. The number of aliphatic hydroxyl groups is 1. The number of rotatable bonds is 12. The Bertz CT molecular complexity index is 1280. The minimum atomic E-state index is -3.77. The summed E-state index contributed by atoms with van der Waals surface area (Å²) in [6, 6.07) is 18.4. The van der Waals surface area contributed by atoms with Crippen molar-refractivity contribution >= 4 is 32.8 Å². The van der Waals surface area contributed by atoms with Crippen molar-refractivity contribution in [1.82, 2.24) is 5.32 Å². The summed E-state index contributed by atoms with van der Waals surface area (Å²) < 4.78 is 33.7. The number of benzene rings is 3. The quantitative estimate of drug-likeness (QED) is 0.128. The third-order valence-electron chi connectivity index (χ3n) is 5.27. The van der Waals surface area contributed by atoms with Crippen LogP contribution in [-0.2, 0) is 10.0 Å². The van der Waals surface area contributed by atoms with Crippen molar-refractivity contribution in [2.75, 3.05) is 42.5 Å². The molecule has 9 nitrogen and oxygen atoms in total. The Kier molecular flexibility index (Phi) is 8.69. The molecule has 0 unspecified atom stereocenters. The molecule has 0 radical (unpaired) electrons. The molecule has 7 N–H and O–H groups in total. The van der Waals surface area contributed by atoms with Crippen molar-refractivity contribution in [3.8, 4) is 5.75 Å². The predicted octanol–water partition coefficient (Wildman–Crippen LogP) is 3.20. The number of hydrogen-bond donors (Lipinski definition) is 6. The second-order valence-corrected chi connectivity index (χ2v) is 9.63. The van der Waals surface area contributed by atoms with E-state index in [1.165, 1.54) is 6.07 Å². The third kappa shape index (κ3) is 7.19. The first kappa shape index (κ1) is 26.0. The normalized spacial score (nSPS) is 12.1. The van der Waals surface area contributed by atoms with Gasteiger partial charge in [-0.25, -0.2) is 8.42 Å². The van der Waals surface area contributed by atoms with Crippen LogP contribution in [0, 0.1) is 5.41 Å². The van der Waals surface area contributed by atoms with E-state index in [1.54, 1.807) is 74.6 Å². The Morgan fingerprint density at radius 1 is 1.09 bits per heavy atom. The van der Waals surface area contributed by atoms with Gasteiger partial charge in [0, 0.05) is 54.5 Å². The van der Waals surface area contributed by atoms with Gasteiger partial charge in [0.25, 0.3) is 10.0 Å². The number of nitrogen functional groups attached to an aromatic ring is 1. The van der Waals surface area contributed by atoms with E-state index in [0.717, 1.165) is 0 Å². The van der Waals surface area contributed by atoms with E-state index in [9.17, 15) is 13.5 Å². The van der Waals surface area contributed by atoms with Crippen LogP contribution in [0.15, 0.2) is 71.6 Å². The summed E-state index contributed by atoms with van der Waals surface area (Å²) in [6.45, 7) is 2.78. The van der Waals surface area contributed by atoms with E-state index >= 15 is 0 Å². The van der Waals surface area contributed by atoms with Gasteiger partial charge in [0.15, 0.2) is 0 Å². The smallest absolute Gasteiger partial charge is 0.261 e. The molecule has 0 saturated heterocycles. The summed E-state index contributed by atoms with van der Waals surface area (Å²) in [6.07, 6.45) is -0.836. The molecule has 186 valence electrons. The van der Waals surface area contributed by atoms with Crippen molar-refractivity contribution in [3.63, 3.8) is 0 Å². The van der Waals surface area contributed by atoms with E-state index in [4.69, 9.17) is 15.9 Å². The summed E-state index contributed by atoms with van der Waals surface area (Å²) in [5.74, 6) is 0.607. The highest BCUT2D eigenvalue weighted by Gasteiger charge is 2.16. The molecule has 0 aliphatic rings. The fourth-order valence-electron chi connectivity index (χ4n) is 3.41. The first-order valence-electron chi connectivity index (χ1n) is 11.1. The maximum atomic E-state index is 12.7. The van der Waals surface area contributed by atoms with E-state index in [-0.39, 0.29) is 11.4 Å². The average molecular weight is 498 g/mol. The monoisotopic (exact) mass is 497 g/mol. The summed E-state index contributed by atoms with van der Waals surface area (Å²) >= 11 is 0. The maximum Gasteiger partial charge on any atom is 0.261 e. The average Bonchev–Trinajstić information content (AvgIpc) is 2.83. The standard InChI is InChI=1S/C25H31N5O4S/c1-17(26)23-10-9-21(15-24(23)27)34-12-11-29-16-25(31)18-5-3-7-20(13-18)30-35(32,33)22-8-4-6-19(14-22)28-2/h3-10,13-15,25-26,28-31H,11-12,16,27H2,1-2H3/t25-/m0/s1. The molecule has 0 saturated carbocycles. The molecule has 0 heterocycles. The predicted molar refractivity (Wildman–Crippen MR) is 140 cm³/mol. The molecule has 0 aliphatic carbocycles. The zero-order valence-corrected chi connectivity index (χ0v) is 20.5. The fourth-order valence-corrected chi connectivity index (χ4v) is 4.51. The number of ether oxygens (including phenoxy) is 1. The van der Waals surface area contributed by atoms with Gasteiger partial charge in [0.2, 0.25) is 0 Å². The van der Waals surface area contributed by atoms with Gasteiger partial charge in [-0.05, 0) is 55.0 Å². The molecule has 3 rings (SSSR count). The molecular formula is C25H31N5O4S. The molecule has 0 aliphatic heterocycles. The van der Waals surface area contributed by atoms with E-state index in [0.29, 0.717) is 52.8 Å².